The van der Waals surface area contributed by atoms with Crippen molar-refractivity contribution in [3.05, 3.63) is 36.7 Å². The van der Waals surface area contributed by atoms with Crippen LogP contribution in [0.15, 0.2) is 41.6 Å². The normalized spacial score (nSPS) is 13.2. The van der Waals surface area contributed by atoms with Crippen LogP contribution in [-0.4, -0.2) is 20.2 Å². The third kappa shape index (κ3) is 2.21. The summed E-state index contributed by atoms with van der Waals surface area (Å²) in [6.45, 7) is 0.126. The minimum Gasteiger partial charge on any atom is -0.454 e. The van der Waals surface area contributed by atoms with Crippen LogP contribution in [0, 0.1) is 0 Å². The Kier molecular flexibility index (Phi) is 2.87. The number of nitrogens with two attached hydrogens (primary N) is 1. The molecule has 0 unspecified atom stereocenters. The van der Waals surface area contributed by atoms with Crippen molar-refractivity contribution in [2.24, 2.45) is 0 Å². The first-order valence-corrected chi connectivity index (χ1v) is 7.16. The number of hydrogen-bond acceptors (Lipinski definition) is 6. The molecule has 0 spiro atoms. The van der Waals surface area contributed by atoms with Gasteiger partial charge in [-0.15, -0.1) is 0 Å². The number of sulfonamides is 1. The van der Waals surface area contributed by atoms with E-state index in [0.717, 1.165) is 0 Å². The molecule has 1 aliphatic rings. The Hall–Kier alpha value is -2.48. The first-order chi connectivity index (χ1) is 9.56. The highest BCUT2D eigenvalue weighted by molar-refractivity contribution is 7.92. The highest BCUT2D eigenvalue weighted by atomic mass is 32.2. The molecule has 20 heavy (non-hydrogen) atoms. The fraction of sp³-hybridized carbons (Fsp3) is 0.0833. The summed E-state index contributed by atoms with van der Waals surface area (Å²) in [4.78, 5) is 3.70. The van der Waals surface area contributed by atoms with E-state index in [2.05, 4.69) is 9.71 Å². The van der Waals surface area contributed by atoms with E-state index in [4.69, 9.17) is 15.2 Å². The number of nitrogens with one attached hydrogen (secondary N) is 1. The van der Waals surface area contributed by atoms with Crippen molar-refractivity contribution in [1.82, 2.24) is 4.98 Å². The molecular formula is C12H11N3O4S. The van der Waals surface area contributed by atoms with E-state index in [-0.39, 0.29) is 17.4 Å². The molecule has 3 rings (SSSR count). The topological polar surface area (TPSA) is 104 Å². The molecule has 104 valence electrons. The molecule has 8 heteroatoms. The molecule has 7 nitrogen and oxygen atoms in total. The number of nitrogen functional groups attached to an aromatic ring is 1. The lowest BCUT2D eigenvalue weighted by molar-refractivity contribution is 0.174. The summed E-state index contributed by atoms with van der Waals surface area (Å²) < 4.78 is 37.2. The zero-order chi connectivity index (χ0) is 14.2. The second kappa shape index (κ2) is 4.57. The maximum atomic E-state index is 12.2. The average molecular weight is 293 g/mol. The second-order valence-corrected chi connectivity index (χ2v) is 5.74. The number of pyridine rings is 1. The minimum atomic E-state index is -3.80. The molecule has 0 aliphatic carbocycles. The summed E-state index contributed by atoms with van der Waals surface area (Å²) >= 11 is 0. The molecule has 0 amide bonds. The zero-order valence-corrected chi connectivity index (χ0v) is 11.1. The van der Waals surface area contributed by atoms with E-state index in [1.807, 2.05) is 0 Å². The van der Waals surface area contributed by atoms with Gasteiger partial charge in [0.1, 0.15) is 4.90 Å². The van der Waals surface area contributed by atoms with Crippen molar-refractivity contribution in [3.63, 3.8) is 0 Å². The first-order valence-electron chi connectivity index (χ1n) is 5.68. The molecule has 0 atom stereocenters. The number of fused-ring (bicyclic) bond motifs is 1. The van der Waals surface area contributed by atoms with Crippen LogP contribution in [0.1, 0.15) is 0 Å². The predicted octanol–water partition coefficient (Wildman–Crippen LogP) is 1.19. The summed E-state index contributed by atoms with van der Waals surface area (Å²) in [5, 5.41) is 0. The van der Waals surface area contributed by atoms with Gasteiger partial charge in [0.25, 0.3) is 10.0 Å². The van der Waals surface area contributed by atoms with Crippen LogP contribution in [0.2, 0.25) is 0 Å². The van der Waals surface area contributed by atoms with Gasteiger partial charge in [0.2, 0.25) is 6.79 Å². The van der Waals surface area contributed by atoms with Crippen LogP contribution in [0.3, 0.4) is 0 Å². The highest BCUT2D eigenvalue weighted by Gasteiger charge is 2.20. The van der Waals surface area contributed by atoms with E-state index >= 15 is 0 Å². The molecule has 0 fully saturated rings. The number of anilines is 2. The Morgan fingerprint density at radius 1 is 1.20 bits per heavy atom. The van der Waals surface area contributed by atoms with Gasteiger partial charge in [0.15, 0.2) is 11.5 Å². The van der Waals surface area contributed by atoms with Gasteiger partial charge < -0.3 is 15.2 Å². The largest absolute Gasteiger partial charge is 0.454 e. The molecule has 1 aliphatic heterocycles. The summed E-state index contributed by atoms with van der Waals surface area (Å²) in [6.07, 6.45) is 2.62. The standard InChI is InChI=1S/C12H11N3O4S/c13-9-3-4-14-6-12(9)20(16,17)15-8-1-2-10-11(5-8)19-7-18-10/h1-6,15H,7H2,(H2,13,14). The highest BCUT2D eigenvalue weighted by Crippen LogP contribution is 2.35. The van der Waals surface area contributed by atoms with Crippen LogP contribution in [0.4, 0.5) is 11.4 Å². The molecule has 3 N–H and O–H groups in total. The van der Waals surface area contributed by atoms with Crippen LogP contribution < -0.4 is 19.9 Å². The van der Waals surface area contributed by atoms with Gasteiger partial charge in [-0.1, -0.05) is 0 Å². The van der Waals surface area contributed by atoms with Crippen LogP contribution in [0.5, 0.6) is 11.5 Å². The molecular weight excluding hydrogens is 282 g/mol. The lowest BCUT2D eigenvalue weighted by Crippen LogP contribution is -2.15. The first kappa shape index (κ1) is 12.5. The Labute approximate surface area is 115 Å². The Morgan fingerprint density at radius 3 is 2.80 bits per heavy atom. The number of aromatic nitrogens is 1. The van der Waals surface area contributed by atoms with E-state index in [1.165, 1.54) is 18.5 Å². The van der Waals surface area contributed by atoms with Crippen molar-refractivity contribution in [2.75, 3.05) is 17.2 Å². The number of ether oxygens (including phenoxy) is 2. The van der Waals surface area contributed by atoms with Gasteiger partial charge in [0, 0.05) is 18.5 Å². The molecule has 0 saturated carbocycles. The van der Waals surface area contributed by atoms with Crippen LogP contribution in [-0.2, 0) is 10.0 Å². The lowest BCUT2D eigenvalue weighted by Gasteiger charge is -2.09. The molecule has 0 bridgehead atoms. The van der Waals surface area contributed by atoms with Gasteiger partial charge in [0.05, 0.1) is 11.4 Å². The SMILES string of the molecule is Nc1ccncc1S(=O)(=O)Nc1ccc2c(c1)OCO2. The number of hydrogen-bond donors (Lipinski definition) is 2. The van der Waals surface area contributed by atoms with Crippen LogP contribution >= 0.6 is 0 Å². The summed E-state index contributed by atoms with van der Waals surface area (Å²) in [5.41, 5.74) is 6.14. The minimum absolute atomic E-state index is 0.0716. The molecule has 1 aromatic carbocycles. The van der Waals surface area contributed by atoms with Crippen molar-refractivity contribution in [2.45, 2.75) is 4.90 Å². The van der Waals surface area contributed by atoms with E-state index in [0.29, 0.717) is 17.2 Å². The summed E-state index contributed by atoms with van der Waals surface area (Å²) in [6, 6.07) is 6.19. The average Bonchev–Trinajstić information content (AvgIpc) is 2.86. The maximum Gasteiger partial charge on any atom is 0.265 e. The summed E-state index contributed by atoms with van der Waals surface area (Å²) in [5.74, 6) is 1.07. The molecule has 2 heterocycles. The van der Waals surface area contributed by atoms with Gasteiger partial charge in [-0.05, 0) is 18.2 Å². The van der Waals surface area contributed by atoms with Gasteiger partial charge in [-0.3, -0.25) is 9.71 Å². The van der Waals surface area contributed by atoms with Crippen molar-refractivity contribution >= 4 is 21.4 Å². The van der Waals surface area contributed by atoms with E-state index in [1.54, 1.807) is 18.2 Å². The van der Waals surface area contributed by atoms with E-state index in [9.17, 15) is 8.42 Å². The quantitative estimate of drug-likeness (QED) is 0.881. The van der Waals surface area contributed by atoms with E-state index < -0.39 is 10.0 Å². The van der Waals surface area contributed by atoms with Crippen LogP contribution in [0.25, 0.3) is 0 Å². The van der Waals surface area contributed by atoms with Gasteiger partial charge >= 0.3 is 0 Å². The van der Waals surface area contributed by atoms with Gasteiger partial charge in [-0.2, -0.15) is 0 Å². The predicted molar refractivity (Wildman–Crippen MR) is 72.0 cm³/mol. The second-order valence-electron chi connectivity index (χ2n) is 4.09. The maximum absolute atomic E-state index is 12.2. The molecule has 2 aromatic rings. The Bertz CT molecular complexity index is 761. The fourth-order valence-electron chi connectivity index (χ4n) is 1.79. The van der Waals surface area contributed by atoms with Crippen molar-refractivity contribution in [1.29, 1.82) is 0 Å². The molecule has 0 radical (unpaired) electrons. The van der Waals surface area contributed by atoms with Gasteiger partial charge in [-0.25, -0.2) is 8.42 Å². The van der Waals surface area contributed by atoms with Crippen molar-refractivity contribution < 1.29 is 17.9 Å². The number of nitrogens with zero attached hydrogens (tertiary/aromatic N) is 1. The Morgan fingerprint density at radius 2 is 2.00 bits per heavy atom. The molecule has 0 saturated heterocycles. The Balaban J connectivity index is 1.93. The zero-order valence-electron chi connectivity index (χ0n) is 10.2. The number of benzene rings is 1. The van der Waals surface area contributed by atoms with Crippen molar-refractivity contribution in [3.8, 4) is 11.5 Å². The third-order valence-corrected chi connectivity index (χ3v) is 4.16. The fourth-order valence-corrected chi connectivity index (χ4v) is 2.91. The monoisotopic (exact) mass is 293 g/mol. The molecule has 1 aromatic heterocycles. The smallest absolute Gasteiger partial charge is 0.265 e. The summed E-state index contributed by atoms with van der Waals surface area (Å²) in [7, 11) is -3.80. The lowest BCUT2D eigenvalue weighted by atomic mass is 10.3. The number of rotatable bonds is 3. The third-order valence-electron chi connectivity index (χ3n) is 2.73.